The molecule has 6 N–H and O–H groups in total. The highest BCUT2D eigenvalue weighted by Crippen LogP contribution is 2.24. The minimum absolute atomic E-state index is 0.134. The topological polar surface area (TPSA) is 149 Å². The summed E-state index contributed by atoms with van der Waals surface area (Å²) >= 11 is 0. The lowest BCUT2D eigenvalue weighted by molar-refractivity contribution is -0.302. The molecule has 0 aliphatic carbocycles. The second kappa shape index (κ2) is 57.9. The fourth-order valence-corrected chi connectivity index (χ4v) is 11.2. The molecule has 0 spiro atoms. The molecule has 0 aromatic carbocycles. The van der Waals surface area contributed by atoms with Crippen LogP contribution < -0.4 is 5.32 Å². The molecule has 456 valence electrons. The second-order valence-electron chi connectivity index (χ2n) is 24.0. The Kier molecular flexibility index (Phi) is 55.4. The molecule has 1 heterocycles. The van der Waals surface area contributed by atoms with Gasteiger partial charge in [0.05, 0.1) is 25.4 Å². The highest BCUT2D eigenvalue weighted by Gasteiger charge is 2.44. The number of hydrogen-bond acceptors (Lipinski definition) is 8. The molecule has 9 nitrogen and oxygen atoms in total. The van der Waals surface area contributed by atoms with Gasteiger partial charge in [0.25, 0.3) is 0 Å². The minimum Gasteiger partial charge on any atom is -0.394 e. The molecule has 1 amide bonds. The Balaban J connectivity index is 2.12. The van der Waals surface area contributed by atoms with E-state index in [0.29, 0.717) is 12.8 Å². The number of nitrogens with one attached hydrogen (secondary N) is 1. The summed E-state index contributed by atoms with van der Waals surface area (Å²) in [6, 6.07) is -0.719. The van der Waals surface area contributed by atoms with E-state index in [-0.39, 0.29) is 12.5 Å². The lowest BCUT2D eigenvalue weighted by atomic mass is 9.99. The summed E-state index contributed by atoms with van der Waals surface area (Å²) in [5.41, 5.74) is 0. The Morgan fingerprint density at radius 1 is 0.442 bits per heavy atom. The SMILES string of the molecule is CCCCCCC/C=C\C/C=C\CCCCCCCCCCCCCCCCCC(=O)NC(COC1OC(CO)C(O)C(O)C1O)C(O)CCCCCCCCCCCCCCCCCCCCCCCCCCCCC. The molecule has 9 heteroatoms. The van der Waals surface area contributed by atoms with E-state index in [0.717, 1.165) is 44.9 Å². The smallest absolute Gasteiger partial charge is 0.220 e. The van der Waals surface area contributed by atoms with Crippen molar-refractivity contribution in [1.82, 2.24) is 5.32 Å². The van der Waals surface area contributed by atoms with Gasteiger partial charge in [-0.05, 0) is 44.9 Å². The van der Waals surface area contributed by atoms with E-state index in [9.17, 15) is 30.3 Å². The number of ether oxygens (including phenoxy) is 2. The molecule has 7 unspecified atom stereocenters. The number of amides is 1. The van der Waals surface area contributed by atoms with Crippen molar-refractivity contribution >= 4 is 5.91 Å². The van der Waals surface area contributed by atoms with Crippen LogP contribution >= 0.6 is 0 Å². The zero-order chi connectivity index (χ0) is 55.8. The summed E-state index contributed by atoms with van der Waals surface area (Å²) in [5, 5.41) is 54.9. The van der Waals surface area contributed by atoms with Gasteiger partial charge < -0.3 is 40.3 Å². The molecule has 0 saturated carbocycles. The molecule has 1 fully saturated rings. The van der Waals surface area contributed by atoms with Crippen LogP contribution in [0.1, 0.15) is 348 Å². The molecular weight excluding hydrogens is 959 g/mol. The molecule has 7 atom stereocenters. The number of unbranched alkanes of at least 4 members (excludes halogenated alkanes) is 46. The minimum atomic E-state index is -1.55. The van der Waals surface area contributed by atoms with E-state index in [2.05, 4.69) is 43.5 Å². The quantitative estimate of drug-likeness (QED) is 0.0261. The zero-order valence-electron chi connectivity index (χ0n) is 51.0. The fraction of sp³-hybridized carbons (Fsp3) is 0.926. The van der Waals surface area contributed by atoms with Crippen molar-refractivity contribution in [3.8, 4) is 0 Å². The lowest BCUT2D eigenvalue weighted by Gasteiger charge is -2.40. The van der Waals surface area contributed by atoms with Gasteiger partial charge in [-0.3, -0.25) is 4.79 Å². The lowest BCUT2D eigenvalue weighted by Crippen LogP contribution is -2.60. The monoisotopic (exact) mass is 1090 g/mol. The highest BCUT2D eigenvalue weighted by atomic mass is 16.7. The van der Waals surface area contributed by atoms with E-state index in [1.165, 1.54) is 276 Å². The van der Waals surface area contributed by atoms with Crippen LogP contribution in [-0.4, -0.2) is 87.5 Å². The molecule has 0 aromatic rings. The summed E-state index contributed by atoms with van der Waals surface area (Å²) < 4.78 is 11.4. The van der Waals surface area contributed by atoms with Crippen LogP contribution in [0.15, 0.2) is 24.3 Å². The maximum atomic E-state index is 13.1. The molecule has 0 aromatic heterocycles. The first-order valence-corrected chi connectivity index (χ1v) is 34.0. The van der Waals surface area contributed by atoms with Crippen LogP contribution in [0.5, 0.6) is 0 Å². The number of hydrogen-bond donors (Lipinski definition) is 6. The first-order chi connectivity index (χ1) is 37.8. The summed E-state index contributed by atoms with van der Waals surface area (Å²) in [4.78, 5) is 13.1. The third-order valence-electron chi connectivity index (χ3n) is 16.6. The summed E-state index contributed by atoms with van der Waals surface area (Å²) in [6.45, 7) is 3.88. The summed E-state index contributed by atoms with van der Waals surface area (Å²) in [7, 11) is 0. The number of carbonyl (C=O) groups is 1. The van der Waals surface area contributed by atoms with Gasteiger partial charge in [0.2, 0.25) is 5.91 Å². The zero-order valence-corrected chi connectivity index (χ0v) is 51.0. The summed E-state index contributed by atoms with van der Waals surface area (Å²) in [5.74, 6) is -0.138. The van der Waals surface area contributed by atoms with E-state index in [1.807, 2.05) is 0 Å². The van der Waals surface area contributed by atoms with Gasteiger partial charge in [-0.15, -0.1) is 0 Å². The predicted octanol–water partition coefficient (Wildman–Crippen LogP) is 18.1. The molecule has 1 aliphatic heterocycles. The highest BCUT2D eigenvalue weighted by molar-refractivity contribution is 5.76. The fourth-order valence-electron chi connectivity index (χ4n) is 11.2. The number of allylic oxidation sites excluding steroid dienone is 4. The summed E-state index contributed by atoms with van der Waals surface area (Å²) in [6.07, 6.45) is 68.1. The van der Waals surface area contributed by atoms with Crippen molar-refractivity contribution < 1.29 is 39.8 Å². The third kappa shape index (κ3) is 46.9. The van der Waals surface area contributed by atoms with Crippen molar-refractivity contribution in [2.24, 2.45) is 0 Å². The van der Waals surface area contributed by atoms with Crippen molar-refractivity contribution in [2.45, 2.75) is 391 Å². The Hall–Kier alpha value is -1.33. The molecule has 77 heavy (non-hydrogen) atoms. The Labute approximate surface area is 477 Å². The first-order valence-electron chi connectivity index (χ1n) is 34.0. The average molecular weight is 1090 g/mol. The van der Waals surface area contributed by atoms with E-state index in [1.54, 1.807) is 0 Å². The number of aliphatic hydroxyl groups excluding tert-OH is 5. The Morgan fingerprint density at radius 2 is 0.766 bits per heavy atom. The Morgan fingerprint density at radius 3 is 1.12 bits per heavy atom. The van der Waals surface area contributed by atoms with E-state index in [4.69, 9.17) is 9.47 Å². The molecule has 0 radical (unpaired) electrons. The molecule has 1 aliphatic rings. The van der Waals surface area contributed by atoms with Crippen molar-refractivity contribution in [3.63, 3.8) is 0 Å². The standard InChI is InChI=1S/C68H131NO8/c1-3-5-7-9-11-13-15-17-19-21-23-25-27-29-31-33-35-37-39-41-43-45-47-49-51-53-55-57-62(71)61(60-76-68-67(75)66(74)65(73)63(59-70)77-68)69-64(72)58-56-54-52-50-48-46-44-42-40-38-36-34-32-30-28-26-24-22-20-18-16-14-12-10-8-6-4-2/h16,18,22,24,61-63,65-68,70-71,73-75H,3-15,17,19-21,23,25-60H2,1-2H3,(H,69,72)/b18-16-,24-22-. The predicted molar refractivity (Wildman–Crippen MR) is 327 cm³/mol. The molecule has 1 rings (SSSR count). The molecule has 1 saturated heterocycles. The van der Waals surface area contributed by atoms with E-state index >= 15 is 0 Å². The largest absolute Gasteiger partial charge is 0.394 e. The van der Waals surface area contributed by atoms with Crippen LogP contribution in [0.2, 0.25) is 0 Å². The van der Waals surface area contributed by atoms with Gasteiger partial charge in [-0.1, -0.05) is 321 Å². The van der Waals surface area contributed by atoms with Gasteiger partial charge in [-0.25, -0.2) is 0 Å². The van der Waals surface area contributed by atoms with Crippen molar-refractivity contribution in [1.29, 1.82) is 0 Å². The average Bonchev–Trinajstić information content (AvgIpc) is 3.43. The van der Waals surface area contributed by atoms with Crippen LogP contribution in [-0.2, 0) is 14.3 Å². The van der Waals surface area contributed by atoms with Gasteiger partial charge in [0.15, 0.2) is 6.29 Å². The van der Waals surface area contributed by atoms with Crippen molar-refractivity contribution in [2.75, 3.05) is 13.2 Å². The third-order valence-corrected chi connectivity index (χ3v) is 16.6. The van der Waals surface area contributed by atoms with Crippen LogP contribution in [0.25, 0.3) is 0 Å². The van der Waals surface area contributed by atoms with Crippen molar-refractivity contribution in [3.05, 3.63) is 24.3 Å². The van der Waals surface area contributed by atoms with Gasteiger partial charge in [0.1, 0.15) is 24.4 Å². The van der Waals surface area contributed by atoms with E-state index < -0.39 is 49.5 Å². The number of aliphatic hydroxyl groups is 5. The van der Waals surface area contributed by atoms with Gasteiger partial charge in [-0.2, -0.15) is 0 Å². The van der Waals surface area contributed by atoms with Gasteiger partial charge >= 0.3 is 0 Å². The first kappa shape index (κ1) is 73.7. The number of carbonyl (C=O) groups excluding carboxylic acids is 1. The number of rotatable bonds is 60. The van der Waals surface area contributed by atoms with Crippen LogP contribution in [0.4, 0.5) is 0 Å². The maximum Gasteiger partial charge on any atom is 0.220 e. The van der Waals surface area contributed by atoms with Crippen LogP contribution in [0.3, 0.4) is 0 Å². The molecule has 0 bridgehead atoms. The normalized spacial score (nSPS) is 18.8. The van der Waals surface area contributed by atoms with Gasteiger partial charge in [0, 0.05) is 6.42 Å². The second-order valence-corrected chi connectivity index (χ2v) is 24.0. The maximum absolute atomic E-state index is 13.1. The Bertz CT molecular complexity index is 1260. The van der Waals surface area contributed by atoms with Crippen LogP contribution in [0, 0.1) is 0 Å². The molecular formula is C68H131NO8.